The van der Waals surface area contributed by atoms with E-state index in [0.717, 1.165) is 24.8 Å². The molecule has 2 heteroatoms. The molecule has 0 atom stereocenters. The summed E-state index contributed by atoms with van der Waals surface area (Å²) in [5.41, 5.74) is 0.933. The van der Waals surface area contributed by atoms with Gasteiger partial charge < -0.3 is 10.2 Å². The minimum atomic E-state index is 0.118. The van der Waals surface area contributed by atoms with E-state index in [9.17, 15) is 10.2 Å². The highest BCUT2D eigenvalue weighted by Gasteiger charge is 1.96. The van der Waals surface area contributed by atoms with E-state index in [1.807, 2.05) is 0 Å². The SMILES string of the molecule is CCCC/C=C/C/C=C/CCCCC/C=C/Cc1cc(O)cc(O)c1. The molecule has 2 N–H and O–H groups in total. The smallest absolute Gasteiger partial charge is 0.119 e. The Morgan fingerprint density at radius 1 is 0.680 bits per heavy atom. The molecule has 25 heavy (non-hydrogen) atoms. The van der Waals surface area contributed by atoms with Crippen molar-refractivity contribution in [3.05, 3.63) is 60.2 Å². The highest BCUT2D eigenvalue weighted by atomic mass is 16.3. The van der Waals surface area contributed by atoms with Gasteiger partial charge in [0.1, 0.15) is 11.5 Å². The molecular formula is C23H34O2. The number of benzene rings is 1. The minimum Gasteiger partial charge on any atom is -0.508 e. The van der Waals surface area contributed by atoms with Gasteiger partial charge in [-0.1, -0.05) is 62.6 Å². The zero-order valence-electron chi connectivity index (χ0n) is 15.7. The summed E-state index contributed by atoms with van der Waals surface area (Å²) in [5, 5.41) is 18.9. The van der Waals surface area contributed by atoms with Crippen LogP contribution in [0.4, 0.5) is 0 Å². The van der Waals surface area contributed by atoms with Gasteiger partial charge in [0.25, 0.3) is 0 Å². The number of hydrogen-bond acceptors (Lipinski definition) is 2. The first-order valence-corrected chi connectivity index (χ1v) is 9.69. The van der Waals surface area contributed by atoms with Gasteiger partial charge in [-0.15, -0.1) is 0 Å². The largest absolute Gasteiger partial charge is 0.508 e. The predicted molar refractivity (Wildman–Crippen MR) is 108 cm³/mol. The third kappa shape index (κ3) is 12.1. The first kappa shape index (κ1) is 21.1. The summed E-state index contributed by atoms with van der Waals surface area (Å²) in [5.74, 6) is 0.237. The number of phenolic OH excluding ortho intramolecular Hbond substituents is 2. The monoisotopic (exact) mass is 342 g/mol. The Morgan fingerprint density at radius 2 is 1.24 bits per heavy atom. The Bertz CT molecular complexity index is 521. The van der Waals surface area contributed by atoms with Gasteiger partial charge in [0.15, 0.2) is 0 Å². The van der Waals surface area contributed by atoms with Gasteiger partial charge in [-0.25, -0.2) is 0 Å². The fraction of sp³-hybridized carbons (Fsp3) is 0.478. The summed E-state index contributed by atoms with van der Waals surface area (Å²) >= 11 is 0. The van der Waals surface area contributed by atoms with Crippen molar-refractivity contribution < 1.29 is 10.2 Å². The second kappa shape index (κ2) is 14.4. The summed E-state index contributed by atoms with van der Waals surface area (Å²) in [7, 11) is 0. The van der Waals surface area contributed by atoms with Crippen LogP contribution in [-0.2, 0) is 6.42 Å². The molecule has 0 amide bonds. The molecule has 0 saturated carbocycles. The zero-order valence-corrected chi connectivity index (χ0v) is 15.7. The lowest BCUT2D eigenvalue weighted by Crippen LogP contribution is -1.81. The molecule has 0 radical (unpaired) electrons. The molecule has 0 aromatic heterocycles. The van der Waals surface area contributed by atoms with Gasteiger partial charge >= 0.3 is 0 Å². The summed E-state index contributed by atoms with van der Waals surface area (Å²) in [6.07, 6.45) is 25.0. The van der Waals surface area contributed by atoms with E-state index in [2.05, 4.69) is 43.4 Å². The average molecular weight is 343 g/mol. The van der Waals surface area contributed by atoms with Crippen LogP contribution in [0.25, 0.3) is 0 Å². The molecule has 1 aromatic rings. The quantitative estimate of drug-likeness (QED) is 0.304. The van der Waals surface area contributed by atoms with Crippen LogP contribution in [0.1, 0.15) is 70.3 Å². The Kier molecular flexibility index (Phi) is 12.1. The van der Waals surface area contributed by atoms with Crippen molar-refractivity contribution in [3.8, 4) is 11.5 Å². The lowest BCUT2D eigenvalue weighted by molar-refractivity contribution is 0.449. The highest BCUT2D eigenvalue weighted by molar-refractivity contribution is 5.37. The molecule has 0 spiro atoms. The van der Waals surface area contributed by atoms with Crippen molar-refractivity contribution in [2.45, 2.75) is 71.1 Å². The summed E-state index contributed by atoms with van der Waals surface area (Å²) < 4.78 is 0. The van der Waals surface area contributed by atoms with Crippen LogP contribution in [0.3, 0.4) is 0 Å². The van der Waals surface area contributed by atoms with Gasteiger partial charge in [-0.3, -0.25) is 0 Å². The van der Waals surface area contributed by atoms with E-state index < -0.39 is 0 Å². The van der Waals surface area contributed by atoms with Crippen molar-refractivity contribution in [1.29, 1.82) is 0 Å². The van der Waals surface area contributed by atoms with Crippen LogP contribution < -0.4 is 0 Å². The van der Waals surface area contributed by atoms with Crippen LogP contribution in [0.5, 0.6) is 11.5 Å². The van der Waals surface area contributed by atoms with E-state index >= 15 is 0 Å². The van der Waals surface area contributed by atoms with Gasteiger partial charge in [-0.2, -0.15) is 0 Å². The summed E-state index contributed by atoms with van der Waals surface area (Å²) in [6, 6.07) is 4.73. The van der Waals surface area contributed by atoms with Crippen molar-refractivity contribution >= 4 is 0 Å². The first-order valence-electron chi connectivity index (χ1n) is 9.69. The van der Waals surface area contributed by atoms with Crippen molar-refractivity contribution in [2.75, 3.05) is 0 Å². The maximum absolute atomic E-state index is 9.43. The van der Waals surface area contributed by atoms with Gasteiger partial charge in [-0.05, 0) is 62.6 Å². The maximum atomic E-state index is 9.43. The Morgan fingerprint density at radius 3 is 1.84 bits per heavy atom. The van der Waals surface area contributed by atoms with Gasteiger partial charge in [0.2, 0.25) is 0 Å². The normalized spacial score (nSPS) is 12.0. The molecule has 0 aliphatic carbocycles. The number of aromatic hydroxyl groups is 2. The minimum absolute atomic E-state index is 0.118. The first-order chi connectivity index (χ1) is 12.2. The molecule has 0 saturated heterocycles. The van der Waals surface area contributed by atoms with Gasteiger partial charge in [0, 0.05) is 6.07 Å². The molecule has 0 bridgehead atoms. The van der Waals surface area contributed by atoms with Crippen LogP contribution in [-0.4, -0.2) is 10.2 Å². The molecule has 0 heterocycles. The van der Waals surface area contributed by atoms with E-state index in [4.69, 9.17) is 0 Å². The average Bonchev–Trinajstić information content (AvgIpc) is 2.57. The number of unbranched alkanes of at least 4 members (excludes halogenated alkanes) is 6. The standard InChI is InChI=1S/C23H34O2/c1-2-3-4-5-6-7-8-9-10-11-12-13-14-15-16-17-21-18-22(24)20-23(25)19-21/h5-6,8-9,15-16,18-20,24-25H,2-4,7,10-14,17H2,1H3/b6-5+,9-8+,16-15+. The number of rotatable bonds is 13. The molecule has 2 nitrogen and oxygen atoms in total. The number of hydrogen-bond donors (Lipinski definition) is 2. The molecule has 0 fully saturated rings. The van der Waals surface area contributed by atoms with Crippen molar-refractivity contribution in [3.63, 3.8) is 0 Å². The number of phenols is 2. The van der Waals surface area contributed by atoms with Crippen LogP contribution >= 0.6 is 0 Å². The zero-order chi connectivity index (χ0) is 18.2. The topological polar surface area (TPSA) is 40.5 Å². The van der Waals surface area contributed by atoms with Crippen molar-refractivity contribution in [2.24, 2.45) is 0 Å². The van der Waals surface area contributed by atoms with Crippen LogP contribution in [0.15, 0.2) is 54.7 Å². The van der Waals surface area contributed by atoms with Crippen LogP contribution in [0, 0.1) is 0 Å². The third-order valence-corrected chi connectivity index (χ3v) is 4.05. The molecule has 1 aromatic carbocycles. The molecule has 0 aliphatic heterocycles. The number of allylic oxidation sites excluding steroid dienone is 6. The highest BCUT2D eigenvalue weighted by Crippen LogP contribution is 2.20. The molecule has 138 valence electrons. The second-order valence-electron chi connectivity index (χ2n) is 6.49. The van der Waals surface area contributed by atoms with E-state index in [1.165, 1.54) is 51.0 Å². The van der Waals surface area contributed by atoms with Crippen molar-refractivity contribution in [1.82, 2.24) is 0 Å². The predicted octanol–water partition coefficient (Wildman–Crippen LogP) is 6.84. The lowest BCUT2D eigenvalue weighted by atomic mass is 10.1. The molecule has 0 aliphatic rings. The fourth-order valence-electron chi connectivity index (χ4n) is 2.64. The Balaban J connectivity index is 1.98. The maximum Gasteiger partial charge on any atom is 0.119 e. The Hall–Kier alpha value is -1.96. The van der Waals surface area contributed by atoms with Crippen LogP contribution in [0.2, 0.25) is 0 Å². The van der Waals surface area contributed by atoms with E-state index in [1.54, 1.807) is 12.1 Å². The summed E-state index contributed by atoms with van der Waals surface area (Å²) in [6.45, 7) is 2.23. The molecular weight excluding hydrogens is 308 g/mol. The third-order valence-electron chi connectivity index (χ3n) is 4.05. The van der Waals surface area contributed by atoms with Gasteiger partial charge in [0.05, 0.1) is 0 Å². The second-order valence-corrected chi connectivity index (χ2v) is 6.49. The van der Waals surface area contributed by atoms with E-state index in [-0.39, 0.29) is 11.5 Å². The lowest BCUT2D eigenvalue weighted by Gasteiger charge is -2.00. The summed E-state index contributed by atoms with van der Waals surface area (Å²) in [4.78, 5) is 0. The van der Waals surface area contributed by atoms with E-state index in [0.29, 0.717) is 0 Å². The fourth-order valence-corrected chi connectivity index (χ4v) is 2.64. The Labute approximate surface area is 153 Å². The molecule has 0 unspecified atom stereocenters. The molecule has 1 rings (SSSR count).